The Morgan fingerprint density at radius 3 is 2.92 bits per heavy atom. The molecule has 1 amide bonds. The molecule has 1 aromatic heterocycles. The lowest BCUT2D eigenvalue weighted by Crippen LogP contribution is -2.17. The minimum Gasteiger partial charge on any atom is -0.390 e. The number of amides is 1. The summed E-state index contributed by atoms with van der Waals surface area (Å²) in [4.78, 5) is 13.6. The molecule has 12 heavy (non-hydrogen) atoms. The van der Waals surface area contributed by atoms with Gasteiger partial charge in [0.25, 0.3) is 0 Å². The average Bonchev–Trinajstić information content (AvgIpc) is 1.96. The van der Waals surface area contributed by atoms with Gasteiger partial charge in [0, 0.05) is 0 Å². The van der Waals surface area contributed by atoms with E-state index in [0.29, 0.717) is 3.57 Å². The van der Waals surface area contributed by atoms with E-state index >= 15 is 0 Å². The van der Waals surface area contributed by atoms with Gasteiger partial charge in [0.1, 0.15) is 0 Å². The van der Waals surface area contributed by atoms with Gasteiger partial charge in [-0.25, -0.2) is 4.79 Å². The molecule has 2 N–H and O–H groups in total. The first-order valence-electron chi connectivity index (χ1n) is 2.89. The van der Waals surface area contributed by atoms with Crippen LogP contribution >= 0.6 is 22.6 Å². The third kappa shape index (κ3) is 2.29. The fourth-order valence-corrected chi connectivity index (χ4v) is 0.978. The van der Waals surface area contributed by atoms with Gasteiger partial charge in [0.15, 0.2) is 0 Å². The number of pyridine rings is 1. The molecule has 6 heteroatoms. The lowest BCUT2D eigenvalue weighted by molar-refractivity contribution is 0.208. The third-order valence-electron chi connectivity index (χ3n) is 0.977. The molecule has 0 radical (unpaired) electrons. The lowest BCUT2D eigenvalue weighted by atomic mass is 10.5. The molecule has 0 atom stereocenters. The normalized spacial score (nSPS) is 9.50. The highest BCUT2D eigenvalue weighted by atomic mass is 127. The van der Waals surface area contributed by atoms with Crippen LogP contribution in [0.15, 0.2) is 12.1 Å². The Morgan fingerprint density at radius 2 is 2.33 bits per heavy atom. The molecule has 0 unspecified atom stereocenters. The Balaban J connectivity index is 2.97. The van der Waals surface area contributed by atoms with Crippen LogP contribution in [0.25, 0.3) is 0 Å². The summed E-state index contributed by atoms with van der Waals surface area (Å²) in [7, 11) is 0. The highest BCUT2D eigenvalue weighted by molar-refractivity contribution is 14.1. The predicted molar refractivity (Wildman–Crippen MR) is 47.1 cm³/mol. The summed E-state index contributed by atoms with van der Waals surface area (Å²) in [6.45, 7) is 0. The topological polar surface area (TPSA) is 65.2 Å². The van der Waals surface area contributed by atoms with Gasteiger partial charge in [-0.2, -0.15) is 9.37 Å². The maximum Gasteiger partial charge on any atom is 0.411 e. The number of halogens is 2. The number of hydrogen-bond acceptors (Lipinski definition) is 3. The van der Waals surface area contributed by atoms with E-state index in [0.717, 1.165) is 6.07 Å². The molecule has 0 spiro atoms. The molecule has 0 bridgehead atoms. The predicted octanol–water partition coefficient (Wildman–Crippen LogP) is 1.28. The van der Waals surface area contributed by atoms with E-state index in [2.05, 4.69) is 9.72 Å². The molecule has 1 aromatic rings. The van der Waals surface area contributed by atoms with Crippen LogP contribution < -0.4 is 10.5 Å². The van der Waals surface area contributed by atoms with Gasteiger partial charge >= 0.3 is 6.09 Å². The number of primary amides is 1. The van der Waals surface area contributed by atoms with E-state index in [1.807, 2.05) is 22.6 Å². The van der Waals surface area contributed by atoms with Crippen LogP contribution in [0.3, 0.4) is 0 Å². The second kappa shape index (κ2) is 3.65. The summed E-state index contributed by atoms with van der Waals surface area (Å²) in [5, 5.41) is 0. The zero-order valence-electron chi connectivity index (χ0n) is 5.75. The van der Waals surface area contributed by atoms with E-state index < -0.39 is 12.0 Å². The molecular formula is C6H4FIN2O2. The Morgan fingerprint density at radius 1 is 1.67 bits per heavy atom. The Bertz CT molecular complexity index is 318. The Kier molecular flexibility index (Phi) is 2.79. The molecule has 0 aliphatic carbocycles. The minimum absolute atomic E-state index is 0.108. The van der Waals surface area contributed by atoms with Gasteiger partial charge in [-0.1, -0.05) is 0 Å². The highest BCUT2D eigenvalue weighted by Gasteiger charge is 2.06. The number of nitrogens with two attached hydrogens (primary N) is 1. The Labute approximate surface area is 81.1 Å². The van der Waals surface area contributed by atoms with Crippen LogP contribution in [-0.2, 0) is 0 Å². The molecule has 0 saturated heterocycles. The summed E-state index contributed by atoms with van der Waals surface area (Å²) in [6, 6.07) is 2.59. The van der Waals surface area contributed by atoms with Crippen molar-refractivity contribution in [1.29, 1.82) is 0 Å². The minimum atomic E-state index is -1.01. The number of hydrogen-bond donors (Lipinski definition) is 1. The van der Waals surface area contributed by atoms with Crippen molar-refractivity contribution in [1.82, 2.24) is 4.98 Å². The van der Waals surface area contributed by atoms with Crippen LogP contribution in [-0.4, -0.2) is 11.1 Å². The van der Waals surface area contributed by atoms with Crippen molar-refractivity contribution >= 4 is 28.7 Å². The van der Waals surface area contributed by atoms with Gasteiger partial charge < -0.3 is 10.5 Å². The maximum absolute atomic E-state index is 12.5. The molecular weight excluding hydrogens is 278 g/mol. The summed E-state index contributed by atoms with van der Waals surface area (Å²) < 4.78 is 17.4. The zero-order valence-corrected chi connectivity index (χ0v) is 7.91. The van der Waals surface area contributed by atoms with Crippen molar-refractivity contribution in [2.45, 2.75) is 0 Å². The molecule has 0 aliphatic rings. The molecule has 4 nitrogen and oxygen atoms in total. The van der Waals surface area contributed by atoms with Crippen molar-refractivity contribution in [3.63, 3.8) is 0 Å². The fraction of sp³-hybridized carbons (Fsp3) is 0. The molecule has 1 heterocycles. The SMILES string of the molecule is NC(=O)Oc1nc(F)ccc1I. The number of rotatable bonds is 1. The van der Waals surface area contributed by atoms with Gasteiger partial charge in [-0.15, -0.1) is 0 Å². The van der Waals surface area contributed by atoms with Crippen molar-refractivity contribution in [3.05, 3.63) is 21.7 Å². The number of carbonyl (C=O) groups is 1. The van der Waals surface area contributed by atoms with Gasteiger partial charge in [0.05, 0.1) is 3.57 Å². The first kappa shape index (κ1) is 9.17. The molecule has 64 valence electrons. The first-order chi connectivity index (χ1) is 5.59. The van der Waals surface area contributed by atoms with Crippen LogP contribution in [0, 0.1) is 9.52 Å². The lowest BCUT2D eigenvalue weighted by Gasteiger charge is -2.00. The Hall–Kier alpha value is -0.920. The molecule has 0 aliphatic heterocycles. The van der Waals surface area contributed by atoms with E-state index in [4.69, 9.17) is 5.73 Å². The largest absolute Gasteiger partial charge is 0.411 e. The molecule has 0 aromatic carbocycles. The second-order valence-corrected chi connectivity index (χ2v) is 3.00. The molecule has 0 saturated carbocycles. The van der Waals surface area contributed by atoms with E-state index in [9.17, 15) is 9.18 Å². The standard InChI is InChI=1S/C6H4FIN2O2/c7-4-2-1-3(8)5(10-4)12-6(9)11/h1-2H,(H2,9,11). The van der Waals surface area contributed by atoms with E-state index in [1.54, 1.807) is 0 Å². The van der Waals surface area contributed by atoms with Crippen molar-refractivity contribution in [3.8, 4) is 5.88 Å². The quantitative estimate of drug-likeness (QED) is 0.623. The number of aromatic nitrogens is 1. The number of carbonyl (C=O) groups excluding carboxylic acids is 1. The molecule has 1 rings (SSSR count). The van der Waals surface area contributed by atoms with Crippen molar-refractivity contribution in [2.75, 3.05) is 0 Å². The second-order valence-electron chi connectivity index (χ2n) is 1.84. The van der Waals surface area contributed by atoms with Crippen LogP contribution in [0.1, 0.15) is 0 Å². The van der Waals surface area contributed by atoms with Gasteiger partial charge in [-0.05, 0) is 34.7 Å². The van der Waals surface area contributed by atoms with Gasteiger partial charge in [0.2, 0.25) is 11.8 Å². The van der Waals surface area contributed by atoms with Crippen LogP contribution in [0.2, 0.25) is 0 Å². The summed E-state index contributed by atoms with van der Waals surface area (Å²) in [5.41, 5.74) is 4.72. The first-order valence-corrected chi connectivity index (χ1v) is 3.97. The van der Waals surface area contributed by atoms with Crippen LogP contribution in [0.4, 0.5) is 9.18 Å². The highest BCUT2D eigenvalue weighted by Crippen LogP contribution is 2.17. The van der Waals surface area contributed by atoms with Crippen molar-refractivity contribution in [2.24, 2.45) is 5.73 Å². The summed E-state index contributed by atoms with van der Waals surface area (Å²) in [6.07, 6.45) is -1.01. The zero-order chi connectivity index (χ0) is 9.14. The van der Waals surface area contributed by atoms with Gasteiger partial charge in [-0.3, -0.25) is 0 Å². The number of ether oxygens (including phenoxy) is 1. The average molecular weight is 282 g/mol. The van der Waals surface area contributed by atoms with E-state index in [1.165, 1.54) is 6.07 Å². The third-order valence-corrected chi connectivity index (χ3v) is 1.80. The monoisotopic (exact) mass is 282 g/mol. The smallest absolute Gasteiger partial charge is 0.390 e. The fourth-order valence-electron chi connectivity index (χ4n) is 0.568. The van der Waals surface area contributed by atoms with Crippen molar-refractivity contribution < 1.29 is 13.9 Å². The summed E-state index contributed by atoms with van der Waals surface area (Å²) in [5.74, 6) is -0.824. The van der Waals surface area contributed by atoms with E-state index in [-0.39, 0.29) is 5.88 Å². The molecule has 0 fully saturated rings. The van der Waals surface area contributed by atoms with Crippen LogP contribution in [0.5, 0.6) is 5.88 Å². The summed E-state index contributed by atoms with van der Waals surface area (Å²) >= 11 is 1.85. The maximum atomic E-state index is 12.5. The number of nitrogens with zero attached hydrogens (tertiary/aromatic N) is 1.